The molecule has 0 saturated carbocycles. The summed E-state index contributed by atoms with van der Waals surface area (Å²) in [5, 5.41) is 0. The van der Waals surface area contributed by atoms with Crippen LogP contribution in [0.1, 0.15) is 43.5 Å². The van der Waals surface area contributed by atoms with Gasteiger partial charge in [0.2, 0.25) is 5.91 Å². The zero-order valence-electron chi connectivity index (χ0n) is 16.9. The minimum Gasteiger partial charge on any atom is -0.379 e. The largest absolute Gasteiger partial charge is 0.379 e. The summed E-state index contributed by atoms with van der Waals surface area (Å²) in [6, 6.07) is 21.3. The molecule has 28 heavy (non-hydrogen) atoms. The molecule has 3 atom stereocenters. The lowest BCUT2D eigenvalue weighted by molar-refractivity contribution is -0.129. The topological polar surface area (TPSA) is 32.8 Å². The third-order valence-corrected chi connectivity index (χ3v) is 6.40. The van der Waals surface area contributed by atoms with E-state index in [1.165, 1.54) is 11.1 Å². The summed E-state index contributed by atoms with van der Waals surface area (Å²) in [6.07, 6.45) is 0.572. The van der Waals surface area contributed by atoms with Crippen LogP contribution in [0.15, 0.2) is 60.7 Å². The van der Waals surface area contributed by atoms with Crippen LogP contribution < -0.4 is 0 Å². The molecule has 2 heterocycles. The van der Waals surface area contributed by atoms with Gasteiger partial charge < -0.3 is 9.64 Å². The molecule has 148 valence electrons. The maximum atomic E-state index is 13.0. The van der Waals surface area contributed by atoms with Gasteiger partial charge in [0.15, 0.2) is 0 Å². The van der Waals surface area contributed by atoms with Crippen molar-refractivity contribution in [3.63, 3.8) is 0 Å². The number of hydrogen-bond donors (Lipinski definition) is 0. The number of nitrogens with zero attached hydrogens (tertiary/aromatic N) is 2. The molecular weight excluding hydrogens is 348 g/mol. The van der Waals surface area contributed by atoms with Crippen LogP contribution in [-0.4, -0.2) is 48.6 Å². The minimum absolute atomic E-state index is 0.0938. The normalized spacial score (nSPS) is 25.6. The molecule has 2 aliphatic heterocycles. The summed E-state index contributed by atoms with van der Waals surface area (Å²) in [5.41, 5.74) is 2.38. The van der Waals surface area contributed by atoms with Crippen molar-refractivity contribution in [2.75, 3.05) is 32.8 Å². The van der Waals surface area contributed by atoms with Crippen molar-refractivity contribution in [1.29, 1.82) is 0 Å². The SMILES string of the molecule is C[C@H](c1ccccc1)N1CCOC[C@]2(CC(=O)N([C@H](C)c3ccccc3)C2)C1. The first-order valence-electron chi connectivity index (χ1n) is 10.3. The Balaban J connectivity index is 1.53. The van der Waals surface area contributed by atoms with Crippen LogP contribution in [0.25, 0.3) is 0 Å². The molecule has 0 N–H and O–H groups in total. The Kier molecular flexibility index (Phi) is 5.51. The Morgan fingerprint density at radius 3 is 2.14 bits per heavy atom. The van der Waals surface area contributed by atoms with Gasteiger partial charge in [0, 0.05) is 37.5 Å². The molecule has 2 saturated heterocycles. The van der Waals surface area contributed by atoms with E-state index >= 15 is 0 Å². The van der Waals surface area contributed by atoms with Gasteiger partial charge in [0.1, 0.15) is 0 Å². The molecule has 0 unspecified atom stereocenters. The third-order valence-electron chi connectivity index (χ3n) is 6.40. The van der Waals surface area contributed by atoms with Gasteiger partial charge in [-0.15, -0.1) is 0 Å². The summed E-state index contributed by atoms with van der Waals surface area (Å²) in [7, 11) is 0. The zero-order valence-corrected chi connectivity index (χ0v) is 16.9. The fourth-order valence-electron chi connectivity index (χ4n) is 4.69. The number of hydrogen-bond acceptors (Lipinski definition) is 3. The van der Waals surface area contributed by atoms with Crippen molar-refractivity contribution >= 4 is 5.91 Å². The molecule has 4 nitrogen and oxygen atoms in total. The predicted octanol–water partition coefficient (Wildman–Crippen LogP) is 4.06. The standard InChI is InChI=1S/C24H30N2O2/c1-19(21-9-5-3-6-10-21)25-13-14-28-18-24(16-25)15-23(27)26(17-24)20(2)22-11-7-4-8-12-22/h3-12,19-20H,13-18H2,1-2H3/t19-,20-,24-/m1/s1. The molecule has 0 aromatic heterocycles. The maximum absolute atomic E-state index is 13.0. The molecule has 1 amide bonds. The number of amides is 1. The Morgan fingerprint density at radius 2 is 1.50 bits per heavy atom. The fraction of sp³-hybridized carbons (Fsp3) is 0.458. The van der Waals surface area contributed by atoms with E-state index in [-0.39, 0.29) is 17.4 Å². The van der Waals surface area contributed by atoms with Gasteiger partial charge >= 0.3 is 0 Å². The van der Waals surface area contributed by atoms with E-state index in [2.05, 4.69) is 66.1 Å². The van der Waals surface area contributed by atoms with Crippen LogP contribution in [-0.2, 0) is 9.53 Å². The van der Waals surface area contributed by atoms with Crippen molar-refractivity contribution in [1.82, 2.24) is 9.80 Å². The van der Waals surface area contributed by atoms with E-state index in [0.29, 0.717) is 19.1 Å². The summed E-state index contributed by atoms with van der Waals surface area (Å²) in [6.45, 7) is 8.34. The highest BCUT2D eigenvalue weighted by Gasteiger charge is 2.47. The number of carbonyl (C=O) groups excluding carboxylic acids is 1. The van der Waals surface area contributed by atoms with Gasteiger partial charge in [-0.3, -0.25) is 9.69 Å². The van der Waals surface area contributed by atoms with Gasteiger partial charge in [-0.1, -0.05) is 60.7 Å². The lowest BCUT2D eigenvalue weighted by atomic mass is 9.86. The number of rotatable bonds is 4. The molecular formula is C24H30N2O2. The van der Waals surface area contributed by atoms with Gasteiger partial charge in [-0.05, 0) is 25.0 Å². The highest BCUT2D eigenvalue weighted by atomic mass is 16.5. The molecule has 2 aromatic rings. The van der Waals surface area contributed by atoms with Gasteiger partial charge in [0.25, 0.3) is 0 Å². The van der Waals surface area contributed by atoms with Gasteiger partial charge in [0.05, 0.1) is 19.3 Å². The van der Waals surface area contributed by atoms with E-state index in [1.54, 1.807) is 0 Å². The summed E-state index contributed by atoms with van der Waals surface area (Å²) < 4.78 is 6.01. The predicted molar refractivity (Wildman–Crippen MR) is 111 cm³/mol. The maximum Gasteiger partial charge on any atom is 0.223 e. The molecule has 2 fully saturated rings. The minimum atomic E-state index is -0.125. The first kappa shape index (κ1) is 19.2. The van der Waals surface area contributed by atoms with E-state index < -0.39 is 0 Å². The van der Waals surface area contributed by atoms with Crippen LogP contribution in [0.3, 0.4) is 0 Å². The van der Waals surface area contributed by atoms with E-state index in [9.17, 15) is 4.79 Å². The Bertz CT molecular complexity index is 795. The number of carbonyl (C=O) groups is 1. The van der Waals surface area contributed by atoms with Crippen molar-refractivity contribution in [3.8, 4) is 0 Å². The second-order valence-corrected chi connectivity index (χ2v) is 8.39. The molecule has 0 aliphatic carbocycles. The van der Waals surface area contributed by atoms with E-state index in [4.69, 9.17) is 4.74 Å². The fourth-order valence-corrected chi connectivity index (χ4v) is 4.69. The Labute approximate surface area is 168 Å². The summed E-state index contributed by atoms with van der Waals surface area (Å²) in [5.74, 6) is 0.245. The molecule has 2 aromatic carbocycles. The lowest BCUT2D eigenvalue weighted by Crippen LogP contribution is -2.42. The van der Waals surface area contributed by atoms with E-state index in [1.807, 2.05) is 18.2 Å². The van der Waals surface area contributed by atoms with E-state index in [0.717, 1.165) is 26.2 Å². The molecule has 2 aliphatic rings. The highest BCUT2D eigenvalue weighted by molar-refractivity contribution is 5.80. The van der Waals surface area contributed by atoms with Gasteiger partial charge in [-0.25, -0.2) is 0 Å². The van der Waals surface area contributed by atoms with Crippen molar-refractivity contribution in [2.24, 2.45) is 5.41 Å². The quantitative estimate of drug-likeness (QED) is 0.804. The molecule has 1 spiro atoms. The van der Waals surface area contributed by atoms with Crippen LogP contribution >= 0.6 is 0 Å². The first-order valence-corrected chi connectivity index (χ1v) is 10.3. The van der Waals surface area contributed by atoms with Crippen molar-refractivity contribution in [2.45, 2.75) is 32.4 Å². The molecule has 4 rings (SSSR count). The first-order chi connectivity index (χ1) is 13.6. The van der Waals surface area contributed by atoms with Crippen molar-refractivity contribution in [3.05, 3.63) is 71.8 Å². The molecule has 0 radical (unpaired) electrons. The third kappa shape index (κ3) is 3.85. The number of likely N-dealkylation sites (tertiary alicyclic amines) is 1. The zero-order chi connectivity index (χ0) is 19.6. The summed E-state index contributed by atoms with van der Waals surface area (Å²) >= 11 is 0. The molecule has 4 heteroatoms. The van der Waals surface area contributed by atoms with Gasteiger partial charge in [-0.2, -0.15) is 0 Å². The van der Waals surface area contributed by atoms with Crippen LogP contribution in [0.4, 0.5) is 0 Å². The van der Waals surface area contributed by atoms with Crippen molar-refractivity contribution < 1.29 is 9.53 Å². The second kappa shape index (κ2) is 8.06. The van der Waals surface area contributed by atoms with Crippen LogP contribution in [0, 0.1) is 5.41 Å². The lowest BCUT2D eigenvalue weighted by Gasteiger charge is -2.35. The van der Waals surface area contributed by atoms with Crippen LogP contribution in [0.2, 0.25) is 0 Å². The Morgan fingerprint density at radius 1 is 0.893 bits per heavy atom. The Hall–Kier alpha value is -2.17. The average molecular weight is 379 g/mol. The second-order valence-electron chi connectivity index (χ2n) is 8.39. The average Bonchev–Trinajstić information content (AvgIpc) is 2.92. The highest BCUT2D eigenvalue weighted by Crippen LogP contribution is 2.40. The molecule has 0 bridgehead atoms. The smallest absolute Gasteiger partial charge is 0.223 e. The number of benzene rings is 2. The number of ether oxygens (including phenoxy) is 1. The summed E-state index contributed by atoms with van der Waals surface area (Å²) in [4.78, 5) is 17.5. The monoisotopic (exact) mass is 378 g/mol. The van der Waals surface area contributed by atoms with Crippen LogP contribution in [0.5, 0.6) is 0 Å².